The molecule has 0 aliphatic rings. The smallest absolute Gasteiger partial charge is 0.221 e. The molecule has 0 atom stereocenters. The van der Waals surface area contributed by atoms with Gasteiger partial charge in [0.2, 0.25) is 5.91 Å². The summed E-state index contributed by atoms with van der Waals surface area (Å²) in [5, 5.41) is 5.63. The maximum Gasteiger partial charge on any atom is 0.221 e. The van der Waals surface area contributed by atoms with Crippen LogP contribution >= 0.6 is 11.6 Å². The van der Waals surface area contributed by atoms with E-state index in [2.05, 4.69) is 15.6 Å². The van der Waals surface area contributed by atoms with E-state index in [0.29, 0.717) is 17.2 Å². The van der Waals surface area contributed by atoms with Crippen LogP contribution < -0.4 is 10.6 Å². The lowest BCUT2D eigenvalue weighted by Crippen LogP contribution is -2.06. The van der Waals surface area contributed by atoms with Crippen molar-refractivity contribution in [3.05, 3.63) is 47.4 Å². The van der Waals surface area contributed by atoms with Gasteiger partial charge in [-0.3, -0.25) is 4.79 Å². The number of carbonyl (C=O) groups excluding carboxylic acids is 1. The first-order valence-corrected chi connectivity index (χ1v) is 5.88. The number of hydrogen-bond acceptors (Lipinski definition) is 3. The summed E-state index contributed by atoms with van der Waals surface area (Å²) in [5.41, 5.74) is 1.24. The largest absolute Gasteiger partial charge is 0.340 e. The Morgan fingerprint density at radius 3 is 2.58 bits per heavy atom. The molecule has 0 saturated carbocycles. The number of amides is 1. The van der Waals surface area contributed by atoms with E-state index < -0.39 is 5.82 Å². The lowest BCUT2D eigenvalue weighted by molar-refractivity contribution is -0.114. The molecule has 0 unspecified atom stereocenters. The summed E-state index contributed by atoms with van der Waals surface area (Å²) in [7, 11) is 0. The first kappa shape index (κ1) is 13.3. The second-order valence-corrected chi connectivity index (χ2v) is 4.27. The van der Waals surface area contributed by atoms with Crippen LogP contribution in [0.1, 0.15) is 6.92 Å². The maximum absolute atomic E-state index is 13.0. The zero-order valence-corrected chi connectivity index (χ0v) is 10.8. The molecule has 1 heterocycles. The van der Waals surface area contributed by atoms with Gasteiger partial charge in [-0.05, 0) is 30.3 Å². The molecule has 0 bridgehead atoms. The van der Waals surface area contributed by atoms with E-state index in [1.807, 2.05) is 0 Å². The van der Waals surface area contributed by atoms with Gasteiger partial charge in [0, 0.05) is 12.6 Å². The van der Waals surface area contributed by atoms with Crippen molar-refractivity contribution >= 4 is 34.7 Å². The number of hydrogen-bond donors (Lipinski definition) is 2. The summed E-state index contributed by atoms with van der Waals surface area (Å²) in [4.78, 5) is 15.0. The summed E-state index contributed by atoms with van der Waals surface area (Å²) in [6.07, 6.45) is 1.52. The number of nitrogens with zero attached hydrogens (tertiary/aromatic N) is 1. The van der Waals surface area contributed by atoms with Crippen LogP contribution in [0.3, 0.4) is 0 Å². The minimum atomic E-state index is -0.471. The third-order valence-electron chi connectivity index (χ3n) is 2.28. The molecule has 0 spiro atoms. The molecule has 0 radical (unpaired) electrons. The van der Waals surface area contributed by atoms with E-state index in [4.69, 9.17) is 11.6 Å². The fraction of sp³-hybridized carbons (Fsp3) is 0.0769. The first-order chi connectivity index (χ1) is 9.04. The molecule has 0 saturated heterocycles. The molecule has 4 nitrogen and oxygen atoms in total. The van der Waals surface area contributed by atoms with Crippen LogP contribution in [-0.2, 0) is 4.79 Å². The van der Waals surface area contributed by atoms with Crippen LogP contribution in [0, 0.1) is 5.82 Å². The number of nitrogens with one attached hydrogen (secondary N) is 2. The third-order valence-corrected chi connectivity index (χ3v) is 2.57. The van der Waals surface area contributed by atoms with Crippen LogP contribution in [0.2, 0.25) is 5.02 Å². The Bertz CT molecular complexity index is 601. The highest BCUT2D eigenvalue weighted by atomic mass is 35.5. The van der Waals surface area contributed by atoms with Gasteiger partial charge >= 0.3 is 0 Å². The number of aromatic nitrogens is 1. The SMILES string of the molecule is CC(=O)Nc1ccc(Nc2ccc(F)c(Cl)c2)nc1. The standard InChI is InChI=1S/C13H11ClFN3O/c1-8(19)17-10-3-5-13(16-7-10)18-9-2-4-12(15)11(14)6-9/h2-7H,1H3,(H,16,18)(H,17,19). The van der Waals surface area contributed by atoms with Crippen molar-refractivity contribution in [2.24, 2.45) is 0 Å². The van der Waals surface area contributed by atoms with Crippen LogP contribution in [0.5, 0.6) is 0 Å². The molecule has 2 rings (SSSR count). The first-order valence-electron chi connectivity index (χ1n) is 5.50. The van der Waals surface area contributed by atoms with Crippen LogP contribution in [0.25, 0.3) is 0 Å². The van der Waals surface area contributed by atoms with Gasteiger partial charge in [0.1, 0.15) is 11.6 Å². The number of benzene rings is 1. The van der Waals surface area contributed by atoms with Gasteiger partial charge in [0.15, 0.2) is 0 Å². The summed E-state index contributed by atoms with van der Waals surface area (Å²) in [6.45, 7) is 1.42. The molecular formula is C13H11ClFN3O. The summed E-state index contributed by atoms with van der Waals surface area (Å²) < 4.78 is 13.0. The van der Waals surface area contributed by atoms with Crippen molar-refractivity contribution in [1.29, 1.82) is 0 Å². The minimum absolute atomic E-state index is 0.0415. The highest BCUT2D eigenvalue weighted by Crippen LogP contribution is 2.22. The Kier molecular flexibility index (Phi) is 3.97. The molecule has 6 heteroatoms. The van der Waals surface area contributed by atoms with Crippen molar-refractivity contribution in [1.82, 2.24) is 4.98 Å². The van der Waals surface area contributed by atoms with Gasteiger partial charge in [-0.15, -0.1) is 0 Å². The van der Waals surface area contributed by atoms with Crippen molar-refractivity contribution in [2.75, 3.05) is 10.6 Å². The molecule has 98 valence electrons. The lowest BCUT2D eigenvalue weighted by Gasteiger charge is -2.07. The predicted octanol–water partition coefficient (Wildman–Crippen LogP) is 3.58. The monoisotopic (exact) mass is 279 g/mol. The Morgan fingerprint density at radius 1 is 1.26 bits per heavy atom. The Balaban J connectivity index is 2.10. The Morgan fingerprint density at radius 2 is 2.00 bits per heavy atom. The lowest BCUT2D eigenvalue weighted by atomic mass is 10.3. The molecular weight excluding hydrogens is 269 g/mol. The van der Waals surface area contributed by atoms with Gasteiger partial charge in [0.25, 0.3) is 0 Å². The summed E-state index contributed by atoms with van der Waals surface area (Å²) >= 11 is 5.68. The van der Waals surface area contributed by atoms with Gasteiger partial charge in [0.05, 0.1) is 16.9 Å². The Hall–Kier alpha value is -2.14. The average molecular weight is 280 g/mol. The summed E-state index contributed by atoms with van der Waals surface area (Å²) in [5.74, 6) is -0.0641. The van der Waals surface area contributed by atoms with E-state index in [9.17, 15) is 9.18 Å². The van der Waals surface area contributed by atoms with Crippen molar-refractivity contribution in [3.63, 3.8) is 0 Å². The number of rotatable bonds is 3. The highest BCUT2D eigenvalue weighted by Gasteiger charge is 2.02. The third kappa shape index (κ3) is 3.66. The molecule has 0 fully saturated rings. The fourth-order valence-corrected chi connectivity index (χ4v) is 1.65. The van der Waals surface area contributed by atoms with Crippen LogP contribution in [0.4, 0.5) is 21.6 Å². The van der Waals surface area contributed by atoms with Gasteiger partial charge < -0.3 is 10.6 Å². The van der Waals surface area contributed by atoms with E-state index in [-0.39, 0.29) is 10.9 Å². The zero-order valence-electron chi connectivity index (χ0n) is 10.1. The zero-order chi connectivity index (χ0) is 13.8. The van der Waals surface area contributed by atoms with Crippen molar-refractivity contribution in [2.45, 2.75) is 6.92 Å². The minimum Gasteiger partial charge on any atom is -0.340 e. The molecule has 1 aromatic heterocycles. The second kappa shape index (κ2) is 5.67. The van der Waals surface area contributed by atoms with Crippen molar-refractivity contribution in [3.8, 4) is 0 Å². The van der Waals surface area contributed by atoms with Crippen molar-refractivity contribution < 1.29 is 9.18 Å². The van der Waals surface area contributed by atoms with E-state index in [1.54, 1.807) is 18.2 Å². The second-order valence-electron chi connectivity index (χ2n) is 3.87. The average Bonchev–Trinajstić information content (AvgIpc) is 2.36. The molecule has 0 aliphatic heterocycles. The van der Waals surface area contributed by atoms with Gasteiger partial charge in [-0.1, -0.05) is 11.6 Å². The molecule has 1 aromatic carbocycles. The highest BCUT2D eigenvalue weighted by molar-refractivity contribution is 6.31. The van der Waals surface area contributed by atoms with E-state index >= 15 is 0 Å². The van der Waals surface area contributed by atoms with Gasteiger partial charge in [-0.25, -0.2) is 9.37 Å². The fourth-order valence-electron chi connectivity index (χ4n) is 1.47. The molecule has 0 aliphatic carbocycles. The summed E-state index contributed by atoms with van der Waals surface area (Å²) in [6, 6.07) is 7.71. The van der Waals surface area contributed by atoms with E-state index in [1.165, 1.54) is 25.3 Å². The number of carbonyl (C=O) groups is 1. The maximum atomic E-state index is 13.0. The molecule has 1 amide bonds. The normalized spacial score (nSPS) is 10.1. The molecule has 2 aromatic rings. The quantitative estimate of drug-likeness (QED) is 0.903. The molecule has 2 N–H and O–H groups in total. The number of anilines is 3. The van der Waals surface area contributed by atoms with Crippen LogP contribution in [-0.4, -0.2) is 10.9 Å². The van der Waals surface area contributed by atoms with Gasteiger partial charge in [-0.2, -0.15) is 0 Å². The van der Waals surface area contributed by atoms with E-state index in [0.717, 1.165) is 0 Å². The van der Waals surface area contributed by atoms with Crippen LogP contribution in [0.15, 0.2) is 36.5 Å². The molecule has 19 heavy (non-hydrogen) atoms. The topological polar surface area (TPSA) is 54.0 Å². The Labute approximate surface area is 114 Å². The number of pyridine rings is 1. The predicted molar refractivity (Wildman–Crippen MR) is 73.2 cm³/mol. The number of halogens is 2.